The van der Waals surface area contributed by atoms with Gasteiger partial charge in [-0.3, -0.25) is 9.89 Å². The number of hydrogen-bond acceptors (Lipinski definition) is 5. The summed E-state index contributed by atoms with van der Waals surface area (Å²) in [5.74, 6) is 0.996. The molecule has 1 aromatic carbocycles. The number of carbonyl (C=O) groups is 1. The molecule has 2 heterocycles. The number of amides is 1. The first-order chi connectivity index (χ1) is 11.1. The number of ether oxygens (including phenoxy) is 2. The van der Waals surface area contributed by atoms with Crippen LogP contribution in [0.25, 0.3) is 0 Å². The Morgan fingerprint density at radius 3 is 2.91 bits per heavy atom. The normalized spacial score (nSPS) is 20.7. The Labute approximate surface area is 138 Å². The molecule has 1 aliphatic heterocycles. The van der Waals surface area contributed by atoms with E-state index in [9.17, 15) is 4.79 Å². The van der Waals surface area contributed by atoms with E-state index >= 15 is 0 Å². The third-order valence-electron chi connectivity index (χ3n) is 4.00. The Morgan fingerprint density at radius 1 is 1.43 bits per heavy atom. The molecule has 0 aliphatic carbocycles. The first kappa shape index (κ1) is 15.8. The number of likely N-dealkylation sites (tertiary alicyclic amines) is 1. The number of halogens is 1. The van der Waals surface area contributed by atoms with Crippen LogP contribution < -0.4 is 4.74 Å². The maximum absolute atomic E-state index is 12.9. The summed E-state index contributed by atoms with van der Waals surface area (Å²) in [6.45, 7) is 0.492. The van der Waals surface area contributed by atoms with Gasteiger partial charge in [0.05, 0.1) is 24.3 Å². The summed E-state index contributed by atoms with van der Waals surface area (Å²) in [6.07, 6.45) is 2.06. The molecule has 0 radical (unpaired) electrons. The largest absolute Gasteiger partial charge is 0.495 e. The molecular weight excluding hydrogens is 320 g/mol. The summed E-state index contributed by atoms with van der Waals surface area (Å²) in [4.78, 5) is 18.8. The lowest BCUT2D eigenvalue weighted by Gasteiger charge is -2.23. The van der Waals surface area contributed by atoms with Crippen molar-refractivity contribution in [1.82, 2.24) is 20.1 Å². The zero-order valence-electron chi connectivity index (χ0n) is 12.8. The summed E-state index contributed by atoms with van der Waals surface area (Å²) in [5.41, 5.74) is 0.507. The predicted octanol–water partition coefficient (Wildman–Crippen LogP) is 2.07. The molecule has 8 heteroatoms. The first-order valence-electron chi connectivity index (χ1n) is 7.16. The lowest BCUT2D eigenvalue weighted by Crippen LogP contribution is -2.32. The molecule has 122 valence electrons. The molecule has 7 nitrogen and oxygen atoms in total. The fraction of sp³-hybridized carbons (Fsp3) is 0.400. The second-order valence-electron chi connectivity index (χ2n) is 5.29. The quantitative estimate of drug-likeness (QED) is 0.924. The summed E-state index contributed by atoms with van der Waals surface area (Å²) < 4.78 is 10.6. The maximum Gasteiger partial charge on any atom is 0.254 e. The number of carbonyl (C=O) groups excluding carboxylic acids is 1. The van der Waals surface area contributed by atoms with Gasteiger partial charge in [0.25, 0.3) is 5.91 Å². The van der Waals surface area contributed by atoms with E-state index in [4.69, 9.17) is 21.1 Å². The van der Waals surface area contributed by atoms with Gasteiger partial charge in [0.1, 0.15) is 17.9 Å². The molecule has 0 saturated carbocycles. The molecule has 2 atom stereocenters. The zero-order chi connectivity index (χ0) is 16.4. The fourth-order valence-corrected chi connectivity index (χ4v) is 2.98. The first-order valence-corrected chi connectivity index (χ1v) is 7.54. The number of nitrogens with one attached hydrogen (secondary N) is 1. The molecular formula is C15H17ClN4O3. The Balaban J connectivity index is 1.90. The van der Waals surface area contributed by atoms with Gasteiger partial charge in [-0.05, 0) is 18.2 Å². The van der Waals surface area contributed by atoms with Crippen LogP contribution in [-0.2, 0) is 4.74 Å². The average Bonchev–Trinajstić information content (AvgIpc) is 3.23. The van der Waals surface area contributed by atoms with Gasteiger partial charge in [-0.15, -0.1) is 0 Å². The number of benzene rings is 1. The van der Waals surface area contributed by atoms with E-state index in [1.165, 1.54) is 13.4 Å². The van der Waals surface area contributed by atoms with Crippen LogP contribution >= 0.6 is 11.6 Å². The summed E-state index contributed by atoms with van der Waals surface area (Å²) in [5, 5.41) is 7.17. The highest BCUT2D eigenvalue weighted by Gasteiger charge is 2.38. The third-order valence-corrected chi connectivity index (χ3v) is 4.32. The number of aromatic amines is 1. The average molecular weight is 337 g/mol. The van der Waals surface area contributed by atoms with Crippen LogP contribution in [0.4, 0.5) is 0 Å². The zero-order valence-corrected chi connectivity index (χ0v) is 13.6. The van der Waals surface area contributed by atoms with E-state index in [-0.39, 0.29) is 18.1 Å². The molecule has 3 rings (SSSR count). The molecule has 2 aromatic rings. The summed E-state index contributed by atoms with van der Waals surface area (Å²) in [6, 6.07) is 4.78. The van der Waals surface area contributed by atoms with Crippen molar-refractivity contribution >= 4 is 17.5 Å². The second kappa shape index (κ2) is 6.55. The van der Waals surface area contributed by atoms with Crippen LogP contribution in [0.15, 0.2) is 24.5 Å². The highest BCUT2D eigenvalue weighted by Crippen LogP contribution is 2.33. The Morgan fingerprint density at radius 2 is 2.26 bits per heavy atom. The molecule has 1 aromatic heterocycles. The molecule has 1 fully saturated rings. The van der Waals surface area contributed by atoms with Crippen LogP contribution in [-0.4, -0.2) is 52.9 Å². The van der Waals surface area contributed by atoms with Gasteiger partial charge in [0, 0.05) is 25.6 Å². The minimum Gasteiger partial charge on any atom is -0.495 e. The van der Waals surface area contributed by atoms with E-state index in [0.717, 1.165) is 0 Å². The van der Waals surface area contributed by atoms with Gasteiger partial charge in [0.15, 0.2) is 0 Å². The molecule has 0 bridgehead atoms. The smallest absolute Gasteiger partial charge is 0.254 e. The molecule has 1 saturated heterocycles. The number of nitrogens with zero attached hydrogens (tertiary/aromatic N) is 3. The van der Waals surface area contributed by atoms with Gasteiger partial charge < -0.3 is 14.4 Å². The fourth-order valence-electron chi connectivity index (χ4n) is 2.79. The molecule has 1 aliphatic rings. The van der Waals surface area contributed by atoms with Crippen LogP contribution in [0.5, 0.6) is 5.75 Å². The molecule has 1 amide bonds. The topological polar surface area (TPSA) is 80.3 Å². The van der Waals surface area contributed by atoms with Gasteiger partial charge >= 0.3 is 0 Å². The number of aromatic nitrogens is 3. The Kier molecular flexibility index (Phi) is 4.49. The highest BCUT2D eigenvalue weighted by molar-refractivity contribution is 6.32. The molecule has 0 unspecified atom stereocenters. The van der Waals surface area contributed by atoms with E-state index in [2.05, 4.69) is 15.2 Å². The maximum atomic E-state index is 12.9. The van der Waals surface area contributed by atoms with E-state index < -0.39 is 0 Å². The van der Waals surface area contributed by atoms with E-state index in [1.807, 2.05) is 0 Å². The van der Waals surface area contributed by atoms with Crippen LogP contribution in [0, 0.1) is 0 Å². The van der Waals surface area contributed by atoms with Crippen molar-refractivity contribution in [3.8, 4) is 5.75 Å². The minimum atomic E-state index is -0.198. The van der Waals surface area contributed by atoms with Gasteiger partial charge in [-0.1, -0.05) is 11.6 Å². The van der Waals surface area contributed by atoms with E-state index in [0.29, 0.717) is 35.1 Å². The van der Waals surface area contributed by atoms with E-state index in [1.54, 1.807) is 30.2 Å². The highest BCUT2D eigenvalue weighted by atomic mass is 35.5. The van der Waals surface area contributed by atoms with Crippen LogP contribution in [0.2, 0.25) is 5.02 Å². The van der Waals surface area contributed by atoms with Crippen LogP contribution in [0.1, 0.15) is 28.6 Å². The lowest BCUT2D eigenvalue weighted by atomic mass is 10.1. The molecule has 1 N–H and O–H groups in total. The van der Waals surface area contributed by atoms with Crippen molar-refractivity contribution in [3.05, 3.63) is 40.9 Å². The predicted molar refractivity (Wildman–Crippen MR) is 83.6 cm³/mol. The van der Waals surface area contributed by atoms with Crippen molar-refractivity contribution in [3.63, 3.8) is 0 Å². The van der Waals surface area contributed by atoms with Crippen molar-refractivity contribution < 1.29 is 14.3 Å². The lowest BCUT2D eigenvalue weighted by molar-refractivity contribution is 0.0684. The number of hydrogen-bond donors (Lipinski definition) is 1. The van der Waals surface area contributed by atoms with Crippen molar-refractivity contribution in [2.75, 3.05) is 20.8 Å². The van der Waals surface area contributed by atoms with Gasteiger partial charge in [0.2, 0.25) is 0 Å². The molecule has 0 spiro atoms. The minimum absolute atomic E-state index is 0.0387. The monoisotopic (exact) mass is 336 g/mol. The number of methoxy groups -OCH3 is 2. The summed E-state index contributed by atoms with van der Waals surface area (Å²) in [7, 11) is 3.16. The van der Waals surface area contributed by atoms with Gasteiger partial charge in [-0.25, -0.2) is 4.98 Å². The second-order valence-corrected chi connectivity index (χ2v) is 5.69. The van der Waals surface area contributed by atoms with Crippen molar-refractivity contribution in [2.24, 2.45) is 0 Å². The SMILES string of the molecule is COc1cc(C(=O)N2C[C@H](OC)C[C@H]2c2ncn[nH]2)ccc1Cl. The Bertz CT molecular complexity index is 692. The van der Waals surface area contributed by atoms with Crippen molar-refractivity contribution in [1.29, 1.82) is 0 Å². The summed E-state index contributed by atoms with van der Waals surface area (Å²) >= 11 is 6.02. The molecule has 23 heavy (non-hydrogen) atoms. The standard InChI is InChI=1S/C15H17ClN4O3/c1-22-10-6-12(14-17-8-18-19-14)20(7-10)15(21)9-3-4-11(16)13(5-9)23-2/h3-5,8,10,12H,6-7H2,1-2H3,(H,17,18,19)/t10-,12+/m1/s1. The van der Waals surface area contributed by atoms with Crippen molar-refractivity contribution in [2.45, 2.75) is 18.6 Å². The number of rotatable bonds is 4. The van der Waals surface area contributed by atoms with Gasteiger partial charge in [-0.2, -0.15) is 5.10 Å². The third kappa shape index (κ3) is 3.02. The number of H-pyrrole nitrogens is 1. The van der Waals surface area contributed by atoms with Crippen LogP contribution in [0.3, 0.4) is 0 Å². The Hall–Kier alpha value is -2.12.